The number of carbonyl (C=O) groups excluding carboxylic acids is 2. The molecule has 0 aromatic carbocycles. The zero-order chi connectivity index (χ0) is 59.1. The molecular weight excluding hydrogens is 1000 g/mol. The molecule has 0 aliphatic carbocycles. The lowest BCUT2D eigenvalue weighted by molar-refractivity contribution is -0.161. The lowest BCUT2D eigenvalue weighted by Crippen LogP contribution is -2.28. The van der Waals surface area contributed by atoms with Crippen LogP contribution in [0.3, 0.4) is 0 Å². The molecule has 82 heavy (non-hydrogen) atoms. The summed E-state index contributed by atoms with van der Waals surface area (Å²) in [5, 5.41) is 9.69. The van der Waals surface area contributed by atoms with Crippen LogP contribution in [0.5, 0.6) is 0 Å². The Morgan fingerprint density at radius 2 is 0.488 bits per heavy atom. The first kappa shape index (κ1) is 76.7. The van der Waals surface area contributed by atoms with Crippen molar-refractivity contribution in [2.75, 3.05) is 13.2 Å². The average molecular weight is 1130 g/mol. The van der Waals surface area contributed by atoms with Gasteiger partial charge in [0.05, 0.1) is 6.61 Å². The molecule has 0 saturated heterocycles. The van der Waals surface area contributed by atoms with Crippen LogP contribution in [0.15, 0.2) is 194 Å². The second-order valence-electron chi connectivity index (χ2n) is 21.1. The van der Waals surface area contributed by atoms with Gasteiger partial charge in [-0.2, -0.15) is 0 Å². The van der Waals surface area contributed by atoms with E-state index in [4.69, 9.17) is 9.47 Å². The van der Waals surface area contributed by atoms with E-state index in [0.717, 1.165) is 148 Å². The summed E-state index contributed by atoms with van der Waals surface area (Å²) in [7, 11) is 0. The predicted octanol–water partition coefficient (Wildman–Crippen LogP) is 23.2. The molecule has 5 heteroatoms. The monoisotopic (exact) mass is 1120 g/mol. The Balaban J connectivity index is 3.60. The van der Waals surface area contributed by atoms with Crippen LogP contribution in [0.4, 0.5) is 0 Å². The number of esters is 2. The van der Waals surface area contributed by atoms with Gasteiger partial charge < -0.3 is 14.6 Å². The predicted molar refractivity (Wildman–Crippen MR) is 361 cm³/mol. The zero-order valence-corrected chi connectivity index (χ0v) is 52.4. The highest BCUT2D eigenvalue weighted by Gasteiger charge is 2.16. The first-order chi connectivity index (χ1) is 40.6. The van der Waals surface area contributed by atoms with Crippen molar-refractivity contribution < 1.29 is 24.2 Å². The maximum Gasteiger partial charge on any atom is 0.306 e. The van der Waals surface area contributed by atoms with Gasteiger partial charge in [-0.1, -0.05) is 298 Å². The number of rotatable bonds is 58. The molecule has 0 aromatic rings. The number of allylic oxidation sites excluding steroid dienone is 32. The number of aliphatic hydroxyl groups is 1. The summed E-state index contributed by atoms with van der Waals surface area (Å²) in [6.07, 6.45) is 111. The Bertz CT molecular complexity index is 1900. The molecule has 0 amide bonds. The van der Waals surface area contributed by atoms with E-state index in [0.29, 0.717) is 12.8 Å². The lowest BCUT2D eigenvalue weighted by Gasteiger charge is -2.15. The van der Waals surface area contributed by atoms with Gasteiger partial charge >= 0.3 is 11.9 Å². The van der Waals surface area contributed by atoms with Crippen molar-refractivity contribution in [1.82, 2.24) is 0 Å². The van der Waals surface area contributed by atoms with Crippen molar-refractivity contribution in [2.45, 2.75) is 264 Å². The van der Waals surface area contributed by atoms with Gasteiger partial charge in [-0.3, -0.25) is 9.59 Å². The van der Waals surface area contributed by atoms with Crippen LogP contribution in [0.1, 0.15) is 258 Å². The fraction of sp³-hybridized carbons (Fsp3) is 0.558. The van der Waals surface area contributed by atoms with Crippen LogP contribution >= 0.6 is 0 Å². The molecule has 1 N–H and O–H groups in total. The smallest absolute Gasteiger partial charge is 0.306 e. The summed E-state index contributed by atoms with van der Waals surface area (Å²) in [5.41, 5.74) is 0. The van der Waals surface area contributed by atoms with E-state index in [9.17, 15) is 14.7 Å². The standard InChI is InChI=1S/C77H120O5/c1-3-5-7-9-11-13-15-17-19-21-23-25-27-29-31-33-34-35-36-37-38-39-40-41-42-44-46-48-50-52-54-56-58-60-62-64-66-68-70-72-77(80)82-75(73-78)74-81-76(79)71-69-67-65-63-61-59-57-55-53-51-49-47-45-43-32-30-28-26-24-22-20-18-16-14-12-10-8-6-4-2/h5-8,11-14,17-20,23-26,29-32,34-35,37-38,40-41,44-47,51,53,75,78H,3-4,9-10,15-16,21-22,27-28,33,36,39,42-43,48-50,52,54-74H2,1-2H3/b7-5-,8-6-,13-11-,14-12-,19-17-,20-18-,25-23-,26-24-,31-29-,32-30-,35-34-,38-37-,41-40-,46-44-,47-45-,53-51-. The molecule has 5 nitrogen and oxygen atoms in total. The summed E-state index contributed by atoms with van der Waals surface area (Å²) in [6, 6.07) is 0. The van der Waals surface area contributed by atoms with Crippen molar-refractivity contribution in [1.29, 1.82) is 0 Å². The molecule has 1 atom stereocenters. The number of ether oxygens (including phenoxy) is 2. The third-order valence-electron chi connectivity index (χ3n) is 13.4. The van der Waals surface area contributed by atoms with Crippen molar-refractivity contribution in [3.63, 3.8) is 0 Å². The van der Waals surface area contributed by atoms with E-state index in [2.05, 4.69) is 208 Å². The molecular formula is C77H120O5. The molecule has 1 unspecified atom stereocenters. The first-order valence-electron chi connectivity index (χ1n) is 33.0. The molecule has 0 rings (SSSR count). The molecule has 0 radical (unpaired) electrons. The minimum absolute atomic E-state index is 0.0848. The average Bonchev–Trinajstić information content (AvgIpc) is 3.49. The third kappa shape index (κ3) is 67.2. The number of unbranched alkanes of at least 4 members (excludes halogenated alkanes) is 18. The minimum Gasteiger partial charge on any atom is -0.462 e. The SMILES string of the molecule is CC/C=C\C/C=C\C/C=C\C/C=C\C/C=C\C/C=C\C/C=C\C/C=C\C/C=C\CCCCCCCCCCCCCC(=O)OC(CO)COC(=O)CCCCCCCCC/C=C\C/C=C\C/C=C\C/C=C\C/C=C\C/C=C\C/C=C\CC. The number of carbonyl (C=O) groups is 2. The van der Waals surface area contributed by atoms with Crippen LogP contribution in [-0.2, 0) is 19.1 Å². The van der Waals surface area contributed by atoms with Gasteiger partial charge in [0, 0.05) is 12.8 Å². The summed E-state index contributed by atoms with van der Waals surface area (Å²) in [6.45, 7) is 3.89. The molecule has 0 spiro atoms. The van der Waals surface area contributed by atoms with Crippen LogP contribution in [0.25, 0.3) is 0 Å². The Hall–Kier alpha value is -5.26. The van der Waals surface area contributed by atoms with Crippen molar-refractivity contribution >= 4 is 11.9 Å². The third-order valence-corrected chi connectivity index (χ3v) is 13.4. The Morgan fingerprint density at radius 3 is 0.732 bits per heavy atom. The van der Waals surface area contributed by atoms with Crippen LogP contribution in [-0.4, -0.2) is 36.4 Å². The lowest BCUT2D eigenvalue weighted by atomic mass is 10.0. The maximum atomic E-state index is 12.4. The summed E-state index contributed by atoms with van der Waals surface area (Å²) < 4.78 is 10.7. The number of hydrogen-bond acceptors (Lipinski definition) is 5. The topological polar surface area (TPSA) is 72.8 Å². The molecule has 0 aliphatic heterocycles. The summed E-state index contributed by atoms with van der Waals surface area (Å²) in [4.78, 5) is 24.6. The highest BCUT2D eigenvalue weighted by atomic mass is 16.6. The second-order valence-corrected chi connectivity index (χ2v) is 21.1. The van der Waals surface area contributed by atoms with E-state index >= 15 is 0 Å². The van der Waals surface area contributed by atoms with E-state index in [1.54, 1.807) is 0 Å². The highest BCUT2D eigenvalue weighted by Crippen LogP contribution is 2.15. The van der Waals surface area contributed by atoms with Crippen LogP contribution in [0, 0.1) is 0 Å². The van der Waals surface area contributed by atoms with E-state index in [-0.39, 0.29) is 25.2 Å². The van der Waals surface area contributed by atoms with E-state index < -0.39 is 6.10 Å². The van der Waals surface area contributed by atoms with Crippen LogP contribution < -0.4 is 0 Å². The van der Waals surface area contributed by atoms with Crippen molar-refractivity contribution in [3.8, 4) is 0 Å². The van der Waals surface area contributed by atoms with Gasteiger partial charge in [-0.15, -0.1) is 0 Å². The minimum atomic E-state index is -0.795. The van der Waals surface area contributed by atoms with Crippen molar-refractivity contribution in [2.24, 2.45) is 0 Å². The van der Waals surface area contributed by atoms with Gasteiger partial charge in [0.2, 0.25) is 0 Å². The van der Waals surface area contributed by atoms with Gasteiger partial charge in [0.25, 0.3) is 0 Å². The Morgan fingerprint density at radius 1 is 0.280 bits per heavy atom. The maximum absolute atomic E-state index is 12.4. The second kappa shape index (κ2) is 70.0. The molecule has 458 valence electrons. The zero-order valence-electron chi connectivity index (χ0n) is 52.4. The van der Waals surface area contributed by atoms with Crippen LogP contribution in [0.2, 0.25) is 0 Å². The summed E-state index contributed by atoms with van der Waals surface area (Å²) >= 11 is 0. The molecule has 0 saturated carbocycles. The van der Waals surface area contributed by atoms with Gasteiger partial charge in [0.1, 0.15) is 6.61 Å². The first-order valence-corrected chi connectivity index (χ1v) is 33.0. The van der Waals surface area contributed by atoms with Crippen molar-refractivity contribution in [3.05, 3.63) is 194 Å². The Kier molecular flexibility index (Phi) is 65.5. The number of aliphatic hydroxyl groups excluding tert-OH is 1. The van der Waals surface area contributed by atoms with Gasteiger partial charge in [-0.25, -0.2) is 0 Å². The normalized spacial score (nSPS) is 13.5. The molecule has 0 aromatic heterocycles. The number of hydrogen-bond donors (Lipinski definition) is 1. The molecule has 0 aliphatic rings. The highest BCUT2D eigenvalue weighted by molar-refractivity contribution is 5.70. The summed E-state index contributed by atoms with van der Waals surface area (Å²) in [5.74, 6) is -0.618. The Labute approximate surface area is 505 Å². The fourth-order valence-electron chi connectivity index (χ4n) is 8.53. The molecule has 0 heterocycles. The van der Waals surface area contributed by atoms with Gasteiger partial charge in [-0.05, 0) is 141 Å². The fourth-order valence-corrected chi connectivity index (χ4v) is 8.53. The van der Waals surface area contributed by atoms with E-state index in [1.165, 1.54) is 83.5 Å². The quantitative estimate of drug-likeness (QED) is 0.0373. The molecule has 0 fully saturated rings. The largest absolute Gasteiger partial charge is 0.462 e. The molecule has 0 bridgehead atoms. The van der Waals surface area contributed by atoms with E-state index in [1.807, 2.05) is 0 Å². The van der Waals surface area contributed by atoms with Gasteiger partial charge in [0.15, 0.2) is 6.10 Å².